The third-order valence-corrected chi connectivity index (χ3v) is 4.14. The molecule has 0 saturated carbocycles. The van der Waals surface area contributed by atoms with Gasteiger partial charge in [-0.2, -0.15) is 0 Å². The Morgan fingerprint density at radius 3 is 2.14 bits per heavy atom. The Hall–Kier alpha value is -3.02. The minimum Gasteiger partial charge on any atom is -0.493 e. The Labute approximate surface area is 165 Å². The first-order valence-corrected chi connectivity index (χ1v) is 9.16. The van der Waals surface area contributed by atoms with Gasteiger partial charge >= 0.3 is 5.97 Å². The second kappa shape index (κ2) is 9.78. The first-order valence-electron chi connectivity index (χ1n) is 9.16. The van der Waals surface area contributed by atoms with Crippen molar-refractivity contribution in [1.29, 1.82) is 0 Å². The van der Waals surface area contributed by atoms with E-state index in [9.17, 15) is 9.59 Å². The molecule has 0 aliphatic carbocycles. The van der Waals surface area contributed by atoms with Gasteiger partial charge in [-0.25, -0.2) is 4.79 Å². The molecule has 1 amide bonds. The van der Waals surface area contributed by atoms with E-state index in [-0.39, 0.29) is 0 Å². The molecule has 0 unspecified atom stereocenters. The molecule has 2 aromatic carbocycles. The average Bonchev–Trinajstić information content (AvgIpc) is 2.67. The topological polar surface area (TPSA) is 73.9 Å². The fourth-order valence-electron chi connectivity index (χ4n) is 2.69. The van der Waals surface area contributed by atoms with E-state index < -0.39 is 18.0 Å². The van der Waals surface area contributed by atoms with Crippen LogP contribution in [0.5, 0.6) is 11.5 Å². The summed E-state index contributed by atoms with van der Waals surface area (Å²) in [6.07, 6.45) is -0.00430. The van der Waals surface area contributed by atoms with Crippen LogP contribution >= 0.6 is 0 Å². The zero-order valence-electron chi connectivity index (χ0n) is 16.9. The second-order valence-electron chi connectivity index (χ2n) is 6.90. The smallest absolute Gasteiger partial charge is 0.338 e. The van der Waals surface area contributed by atoms with E-state index in [1.54, 1.807) is 30.3 Å². The predicted octanol–water partition coefficient (Wildman–Crippen LogP) is 4.09. The SMILES string of the molecule is COc1ccc(NC(=O)[C@@H](C)OC(=O)c2ccc(CC(C)C)cc2)cc1OC. The number of methoxy groups -OCH3 is 2. The molecule has 0 fully saturated rings. The summed E-state index contributed by atoms with van der Waals surface area (Å²) in [7, 11) is 3.05. The molecule has 0 radical (unpaired) electrons. The lowest BCUT2D eigenvalue weighted by atomic mass is 10.0. The Morgan fingerprint density at radius 1 is 0.929 bits per heavy atom. The number of hydrogen-bond donors (Lipinski definition) is 1. The highest BCUT2D eigenvalue weighted by molar-refractivity contribution is 5.97. The Morgan fingerprint density at radius 2 is 1.57 bits per heavy atom. The van der Waals surface area contributed by atoms with Crippen LogP contribution in [-0.4, -0.2) is 32.2 Å². The number of carbonyl (C=O) groups is 2. The highest BCUT2D eigenvalue weighted by Crippen LogP contribution is 2.29. The highest BCUT2D eigenvalue weighted by atomic mass is 16.5. The number of benzene rings is 2. The largest absolute Gasteiger partial charge is 0.493 e. The van der Waals surface area contributed by atoms with Gasteiger partial charge in [-0.1, -0.05) is 26.0 Å². The molecule has 1 N–H and O–H groups in total. The summed E-state index contributed by atoms with van der Waals surface area (Å²) in [5.41, 5.74) is 2.09. The molecule has 28 heavy (non-hydrogen) atoms. The Bertz CT molecular complexity index is 814. The van der Waals surface area contributed by atoms with Crippen LogP contribution in [0, 0.1) is 5.92 Å². The summed E-state index contributed by atoms with van der Waals surface area (Å²) in [4.78, 5) is 24.6. The molecule has 2 rings (SSSR count). The summed E-state index contributed by atoms with van der Waals surface area (Å²) < 4.78 is 15.7. The predicted molar refractivity (Wildman–Crippen MR) is 108 cm³/mol. The maximum atomic E-state index is 12.3. The van der Waals surface area contributed by atoms with Gasteiger partial charge in [-0.05, 0) is 49.1 Å². The number of carbonyl (C=O) groups excluding carboxylic acids is 2. The number of ether oxygens (including phenoxy) is 3. The number of esters is 1. The molecule has 0 heterocycles. The monoisotopic (exact) mass is 385 g/mol. The van der Waals surface area contributed by atoms with Crippen molar-refractivity contribution in [3.05, 3.63) is 53.6 Å². The van der Waals surface area contributed by atoms with Gasteiger partial charge in [0.15, 0.2) is 17.6 Å². The lowest BCUT2D eigenvalue weighted by Gasteiger charge is -2.15. The fourth-order valence-corrected chi connectivity index (χ4v) is 2.69. The van der Waals surface area contributed by atoms with Crippen LogP contribution in [0.3, 0.4) is 0 Å². The maximum absolute atomic E-state index is 12.3. The van der Waals surface area contributed by atoms with E-state index >= 15 is 0 Å². The summed E-state index contributed by atoms with van der Waals surface area (Å²) >= 11 is 0. The molecule has 150 valence electrons. The molecule has 0 saturated heterocycles. The molecule has 2 aromatic rings. The van der Waals surface area contributed by atoms with Crippen LogP contribution in [0.15, 0.2) is 42.5 Å². The minimum absolute atomic E-state index is 0.415. The van der Waals surface area contributed by atoms with Gasteiger partial charge < -0.3 is 19.5 Å². The van der Waals surface area contributed by atoms with E-state index in [1.165, 1.54) is 21.1 Å². The van der Waals surface area contributed by atoms with Crippen LogP contribution in [0.1, 0.15) is 36.7 Å². The molecular weight excluding hydrogens is 358 g/mol. The van der Waals surface area contributed by atoms with Crippen LogP contribution in [0.25, 0.3) is 0 Å². The van der Waals surface area contributed by atoms with Crippen molar-refractivity contribution in [3.8, 4) is 11.5 Å². The van der Waals surface area contributed by atoms with Crippen molar-refractivity contribution in [2.24, 2.45) is 5.92 Å². The van der Waals surface area contributed by atoms with Crippen molar-refractivity contribution < 1.29 is 23.8 Å². The van der Waals surface area contributed by atoms with E-state index in [0.29, 0.717) is 28.7 Å². The van der Waals surface area contributed by atoms with Crippen molar-refractivity contribution in [2.75, 3.05) is 19.5 Å². The van der Waals surface area contributed by atoms with Gasteiger partial charge in [0, 0.05) is 11.8 Å². The van der Waals surface area contributed by atoms with E-state index in [1.807, 2.05) is 12.1 Å². The first kappa shape index (κ1) is 21.3. The summed E-state index contributed by atoms with van der Waals surface area (Å²) in [6.45, 7) is 5.81. The Balaban J connectivity index is 1.97. The van der Waals surface area contributed by atoms with E-state index in [2.05, 4.69) is 19.2 Å². The van der Waals surface area contributed by atoms with Crippen molar-refractivity contribution in [2.45, 2.75) is 33.3 Å². The lowest BCUT2D eigenvalue weighted by Crippen LogP contribution is -2.30. The summed E-state index contributed by atoms with van der Waals surface area (Å²) in [5, 5.41) is 2.70. The summed E-state index contributed by atoms with van der Waals surface area (Å²) in [5.74, 6) is 0.619. The molecule has 1 atom stereocenters. The second-order valence-corrected chi connectivity index (χ2v) is 6.90. The van der Waals surface area contributed by atoms with Gasteiger partial charge in [0.05, 0.1) is 19.8 Å². The number of anilines is 1. The normalized spacial score (nSPS) is 11.6. The Kier molecular flexibility index (Phi) is 7.44. The highest BCUT2D eigenvalue weighted by Gasteiger charge is 2.19. The van der Waals surface area contributed by atoms with Crippen LogP contribution < -0.4 is 14.8 Å². The van der Waals surface area contributed by atoms with Crippen molar-refractivity contribution in [1.82, 2.24) is 0 Å². The molecular formula is C22H27NO5. The van der Waals surface area contributed by atoms with Crippen LogP contribution in [0.2, 0.25) is 0 Å². The van der Waals surface area contributed by atoms with Gasteiger partial charge in [0.2, 0.25) is 0 Å². The van der Waals surface area contributed by atoms with Gasteiger partial charge in [-0.15, -0.1) is 0 Å². The van der Waals surface area contributed by atoms with E-state index in [0.717, 1.165) is 12.0 Å². The fraction of sp³-hybridized carbons (Fsp3) is 0.364. The van der Waals surface area contributed by atoms with Crippen molar-refractivity contribution >= 4 is 17.6 Å². The zero-order chi connectivity index (χ0) is 20.7. The van der Waals surface area contributed by atoms with Gasteiger partial charge in [0.1, 0.15) is 0 Å². The third kappa shape index (κ3) is 5.74. The molecule has 0 aliphatic rings. The maximum Gasteiger partial charge on any atom is 0.338 e. The minimum atomic E-state index is -0.948. The van der Waals surface area contributed by atoms with Gasteiger partial charge in [0.25, 0.3) is 5.91 Å². The number of hydrogen-bond acceptors (Lipinski definition) is 5. The standard InChI is InChI=1S/C22H27NO5/c1-14(2)12-16-6-8-17(9-7-16)22(25)28-15(3)21(24)23-18-10-11-19(26-4)20(13-18)27-5/h6-11,13-15H,12H2,1-5H3,(H,23,24)/t15-/m1/s1. The number of rotatable bonds is 8. The lowest BCUT2D eigenvalue weighted by molar-refractivity contribution is -0.123. The zero-order valence-corrected chi connectivity index (χ0v) is 16.9. The molecule has 0 aliphatic heterocycles. The third-order valence-electron chi connectivity index (χ3n) is 4.14. The van der Waals surface area contributed by atoms with Crippen molar-refractivity contribution in [3.63, 3.8) is 0 Å². The average molecular weight is 385 g/mol. The van der Waals surface area contributed by atoms with Crippen LogP contribution in [0.4, 0.5) is 5.69 Å². The molecule has 0 bridgehead atoms. The number of nitrogens with one attached hydrogen (secondary N) is 1. The first-order chi connectivity index (χ1) is 13.3. The number of amides is 1. The van der Waals surface area contributed by atoms with Gasteiger partial charge in [-0.3, -0.25) is 4.79 Å². The quantitative estimate of drug-likeness (QED) is 0.693. The molecule has 6 heteroatoms. The van der Waals surface area contributed by atoms with Crippen LogP contribution in [-0.2, 0) is 16.0 Å². The molecule has 0 aromatic heterocycles. The molecule has 0 spiro atoms. The molecule has 6 nitrogen and oxygen atoms in total. The van der Waals surface area contributed by atoms with E-state index in [4.69, 9.17) is 14.2 Å². The summed E-state index contributed by atoms with van der Waals surface area (Å²) in [6, 6.07) is 12.3.